The number of carbonyl (C=O) groups is 1. The average Bonchev–Trinajstić information content (AvgIpc) is 2.77. The first kappa shape index (κ1) is 14.1. The third-order valence-corrected chi connectivity index (χ3v) is 2.68. The molecular weight excluding hydrogens is 276 g/mol. The highest BCUT2D eigenvalue weighted by Crippen LogP contribution is 2.23. The quantitative estimate of drug-likeness (QED) is 0.901. The number of carboxylic acid groups (broad SMARTS) is 1. The van der Waals surface area contributed by atoms with Gasteiger partial charge in [0.25, 0.3) is 0 Å². The Bertz CT molecular complexity index is 644. The van der Waals surface area contributed by atoms with Gasteiger partial charge in [0.2, 0.25) is 5.88 Å². The van der Waals surface area contributed by atoms with E-state index in [1.54, 1.807) is 6.92 Å². The van der Waals surface area contributed by atoms with E-state index in [9.17, 15) is 13.6 Å². The summed E-state index contributed by atoms with van der Waals surface area (Å²) in [4.78, 5) is 15.0. The summed E-state index contributed by atoms with van der Waals surface area (Å²) in [6.45, 7) is -1.42. The lowest BCUT2D eigenvalue weighted by Crippen LogP contribution is -2.14. The fraction of sp³-hybridized carbons (Fsp3) is 0.364. The van der Waals surface area contributed by atoms with Gasteiger partial charge in [-0.2, -0.15) is 8.78 Å². The number of methoxy groups -OCH3 is 1. The minimum Gasteiger partial charge on any atom is -0.478 e. The van der Waals surface area contributed by atoms with Gasteiger partial charge in [-0.3, -0.25) is 0 Å². The Hall–Kier alpha value is -2.29. The topological polar surface area (TPSA) is 86.0 Å². The maximum atomic E-state index is 12.2. The van der Waals surface area contributed by atoms with Gasteiger partial charge in [0.15, 0.2) is 5.65 Å². The van der Waals surface area contributed by atoms with Gasteiger partial charge in [-0.05, 0) is 6.92 Å². The molecule has 2 aromatic rings. The SMILES string of the molecule is CO[C@@H](C)c1c(C(=O)O)cnc2cc(OC(F)F)nn12. The van der Waals surface area contributed by atoms with Crippen molar-refractivity contribution in [2.24, 2.45) is 0 Å². The van der Waals surface area contributed by atoms with Crippen LogP contribution in [0.5, 0.6) is 5.88 Å². The van der Waals surface area contributed by atoms with E-state index in [1.807, 2.05) is 0 Å². The van der Waals surface area contributed by atoms with E-state index < -0.39 is 18.7 Å². The normalized spacial score (nSPS) is 12.8. The second-order valence-corrected chi connectivity index (χ2v) is 3.87. The Kier molecular flexibility index (Phi) is 3.79. The third-order valence-electron chi connectivity index (χ3n) is 2.68. The number of carboxylic acids is 1. The van der Waals surface area contributed by atoms with Crippen LogP contribution in [-0.2, 0) is 4.74 Å². The summed E-state index contributed by atoms with van der Waals surface area (Å²) in [5, 5.41) is 12.9. The molecule has 0 amide bonds. The van der Waals surface area contributed by atoms with Crippen LogP contribution < -0.4 is 4.74 Å². The summed E-state index contributed by atoms with van der Waals surface area (Å²) in [5.74, 6) is -1.57. The van der Waals surface area contributed by atoms with Crippen molar-refractivity contribution in [2.45, 2.75) is 19.6 Å². The van der Waals surface area contributed by atoms with Crippen molar-refractivity contribution in [3.05, 3.63) is 23.5 Å². The van der Waals surface area contributed by atoms with Gasteiger partial charge in [0.05, 0.1) is 11.8 Å². The lowest BCUT2D eigenvalue weighted by Gasteiger charge is -2.13. The van der Waals surface area contributed by atoms with E-state index in [-0.39, 0.29) is 22.8 Å². The molecule has 2 heterocycles. The fourth-order valence-corrected chi connectivity index (χ4v) is 1.75. The van der Waals surface area contributed by atoms with Gasteiger partial charge in [0.1, 0.15) is 5.56 Å². The average molecular weight is 287 g/mol. The maximum Gasteiger partial charge on any atom is 0.388 e. The molecule has 108 valence electrons. The molecule has 0 bridgehead atoms. The van der Waals surface area contributed by atoms with Gasteiger partial charge < -0.3 is 14.6 Å². The van der Waals surface area contributed by atoms with Crippen molar-refractivity contribution in [1.29, 1.82) is 0 Å². The molecule has 0 unspecified atom stereocenters. The summed E-state index contributed by atoms with van der Waals surface area (Å²) in [5.41, 5.74) is 0.247. The maximum absolute atomic E-state index is 12.2. The molecule has 1 N–H and O–H groups in total. The number of rotatable bonds is 5. The minimum absolute atomic E-state index is 0.126. The van der Waals surface area contributed by atoms with Gasteiger partial charge in [-0.15, -0.1) is 5.10 Å². The summed E-state index contributed by atoms with van der Waals surface area (Å²) in [6.07, 6.45) is 0.502. The predicted octanol–water partition coefficient (Wildman–Crippen LogP) is 1.74. The van der Waals surface area contributed by atoms with Crippen LogP contribution in [0.25, 0.3) is 5.65 Å². The van der Waals surface area contributed by atoms with Crippen molar-refractivity contribution < 1.29 is 28.2 Å². The number of hydrogen-bond acceptors (Lipinski definition) is 5. The Morgan fingerprint density at radius 1 is 1.50 bits per heavy atom. The van der Waals surface area contributed by atoms with Crippen LogP contribution in [0.1, 0.15) is 29.1 Å². The van der Waals surface area contributed by atoms with Crippen LogP contribution in [0.3, 0.4) is 0 Å². The lowest BCUT2D eigenvalue weighted by atomic mass is 10.1. The van der Waals surface area contributed by atoms with Gasteiger partial charge >= 0.3 is 12.6 Å². The van der Waals surface area contributed by atoms with Crippen molar-refractivity contribution in [2.75, 3.05) is 7.11 Å². The highest BCUT2D eigenvalue weighted by molar-refractivity contribution is 5.89. The van der Waals surface area contributed by atoms with E-state index in [0.717, 1.165) is 10.7 Å². The molecule has 0 saturated carbocycles. The molecule has 20 heavy (non-hydrogen) atoms. The number of aromatic carboxylic acids is 1. The van der Waals surface area contributed by atoms with Crippen molar-refractivity contribution >= 4 is 11.6 Å². The molecule has 0 radical (unpaired) electrons. The van der Waals surface area contributed by atoms with Crippen LogP contribution >= 0.6 is 0 Å². The highest BCUT2D eigenvalue weighted by Gasteiger charge is 2.22. The number of ether oxygens (including phenoxy) is 2. The number of nitrogens with zero attached hydrogens (tertiary/aromatic N) is 3. The molecule has 0 spiro atoms. The molecule has 0 aliphatic carbocycles. The van der Waals surface area contributed by atoms with Gasteiger partial charge in [-0.1, -0.05) is 0 Å². The molecule has 1 atom stereocenters. The summed E-state index contributed by atoms with van der Waals surface area (Å²) < 4.78 is 34.7. The van der Waals surface area contributed by atoms with Gasteiger partial charge in [0, 0.05) is 19.4 Å². The lowest BCUT2D eigenvalue weighted by molar-refractivity contribution is -0.0530. The summed E-state index contributed by atoms with van der Waals surface area (Å²) in [6, 6.07) is 1.18. The van der Waals surface area contributed by atoms with E-state index >= 15 is 0 Å². The zero-order valence-electron chi connectivity index (χ0n) is 10.6. The zero-order valence-corrected chi connectivity index (χ0v) is 10.6. The molecule has 2 rings (SSSR count). The van der Waals surface area contributed by atoms with E-state index in [1.165, 1.54) is 13.2 Å². The number of fused-ring (bicyclic) bond motifs is 1. The smallest absolute Gasteiger partial charge is 0.388 e. The van der Waals surface area contributed by atoms with Crippen molar-refractivity contribution in [3.8, 4) is 5.88 Å². The third kappa shape index (κ3) is 2.52. The molecule has 0 aliphatic rings. The number of hydrogen-bond donors (Lipinski definition) is 1. The Balaban J connectivity index is 2.63. The zero-order chi connectivity index (χ0) is 14.9. The van der Waals surface area contributed by atoms with E-state index in [0.29, 0.717) is 0 Å². The summed E-state index contributed by atoms with van der Waals surface area (Å²) >= 11 is 0. The molecule has 9 heteroatoms. The molecule has 0 aromatic carbocycles. The Morgan fingerprint density at radius 2 is 2.20 bits per heavy atom. The molecule has 0 fully saturated rings. The van der Waals surface area contributed by atoms with Crippen LogP contribution in [0.2, 0.25) is 0 Å². The predicted molar refractivity (Wildman–Crippen MR) is 62.0 cm³/mol. The summed E-state index contributed by atoms with van der Waals surface area (Å²) in [7, 11) is 1.39. The van der Waals surface area contributed by atoms with E-state index in [4.69, 9.17) is 9.84 Å². The molecule has 7 nitrogen and oxygen atoms in total. The first-order valence-corrected chi connectivity index (χ1v) is 5.53. The molecular formula is C11H11F2N3O4. The standard InChI is InChI=1S/C11H11F2N3O4/c1-5(19-2)9-6(10(17)18)4-14-7-3-8(15-16(7)9)20-11(12)13/h3-5,11H,1-2H3,(H,17,18)/t5-/m0/s1. The molecule has 2 aromatic heterocycles. The van der Waals surface area contributed by atoms with Gasteiger partial charge in [-0.25, -0.2) is 14.3 Å². The number of alkyl halides is 2. The first-order valence-electron chi connectivity index (χ1n) is 5.53. The van der Waals surface area contributed by atoms with Crippen LogP contribution in [-0.4, -0.2) is 39.4 Å². The van der Waals surface area contributed by atoms with E-state index in [2.05, 4.69) is 14.8 Å². The minimum atomic E-state index is -3.03. The second kappa shape index (κ2) is 5.37. The van der Waals surface area contributed by atoms with Crippen molar-refractivity contribution in [3.63, 3.8) is 0 Å². The monoisotopic (exact) mass is 287 g/mol. The molecule has 0 aliphatic heterocycles. The van der Waals surface area contributed by atoms with Crippen LogP contribution in [0.15, 0.2) is 12.3 Å². The van der Waals surface area contributed by atoms with Crippen molar-refractivity contribution in [1.82, 2.24) is 14.6 Å². The van der Waals surface area contributed by atoms with Crippen LogP contribution in [0.4, 0.5) is 8.78 Å². The number of aromatic nitrogens is 3. The Labute approximate surface area is 111 Å². The molecule has 0 saturated heterocycles. The first-order chi connectivity index (χ1) is 9.43. The highest BCUT2D eigenvalue weighted by atomic mass is 19.3. The van der Waals surface area contributed by atoms with Crippen LogP contribution in [0, 0.1) is 0 Å². The number of halogens is 2. The Morgan fingerprint density at radius 3 is 2.75 bits per heavy atom. The largest absolute Gasteiger partial charge is 0.478 e. The second-order valence-electron chi connectivity index (χ2n) is 3.87. The fourth-order valence-electron chi connectivity index (χ4n) is 1.75.